The number of quaternary nitrogens is 1. The maximum atomic E-state index is 11.5. The van der Waals surface area contributed by atoms with Crippen LogP contribution in [-0.4, -0.2) is 84.1 Å². The number of ether oxygens (including phenoxy) is 1. The quantitative estimate of drug-likeness (QED) is 0.134. The van der Waals surface area contributed by atoms with Crippen LogP contribution in [0.1, 0.15) is 58.3 Å². The molecule has 1 atom stereocenters. The number of rotatable bonds is 15. The molecule has 0 aromatic heterocycles. The molecule has 0 unspecified atom stereocenters. The van der Waals surface area contributed by atoms with E-state index in [-0.39, 0.29) is 13.0 Å². The van der Waals surface area contributed by atoms with E-state index in [0.29, 0.717) is 6.42 Å². The van der Waals surface area contributed by atoms with Crippen molar-refractivity contribution in [3.63, 3.8) is 0 Å². The Morgan fingerprint density at radius 3 is 1.93 bits per heavy atom. The van der Waals surface area contributed by atoms with E-state index in [1.54, 1.807) is 0 Å². The van der Waals surface area contributed by atoms with Crippen molar-refractivity contribution in [1.82, 2.24) is 0 Å². The number of phosphoric ester groups is 1. The predicted octanol–water partition coefficient (Wildman–Crippen LogP) is 1.83. The number of phosphoric acid groups is 1. The Bertz CT molecular complexity index is 422. The molecule has 0 bridgehead atoms. The predicted molar refractivity (Wildman–Crippen MR) is 108 cm³/mol. The Kier molecular flexibility index (Phi) is 18.4. The first-order valence-corrected chi connectivity index (χ1v) is 11.4. The summed E-state index contributed by atoms with van der Waals surface area (Å²) in [5, 5.41) is 17.3. The summed E-state index contributed by atoms with van der Waals surface area (Å²) in [5.41, 5.74) is 0. The highest BCUT2D eigenvalue weighted by atomic mass is 31.2. The molecule has 0 spiro atoms. The highest BCUT2D eigenvalue weighted by Crippen LogP contribution is 2.35. The van der Waals surface area contributed by atoms with Crippen LogP contribution in [0, 0.1) is 0 Å². The monoisotopic (exact) mass is 430 g/mol. The van der Waals surface area contributed by atoms with Gasteiger partial charge in [0.15, 0.2) is 0 Å². The van der Waals surface area contributed by atoms with Crippen LogP contribution in [-0.2, 0) is 18.6 Å². The van der Waals surface area contributed by atoms with Gasteiger partial charge in [-0.05, 0) is 6.42 Å². The molecule has 28 heavy (non-hydrogen) atoms. The van der Waals surface area contributed by atoms with E-state index in [1.165, 1.54) is 19.3 Å². The largest absolute Gasteiger partial charge is 0.469 e. The van der Waals surface area contributed by atoms with Crippen LogP contribution >= 0.6 is 7.82 Å². The molecule has 0 rings (SSSR count). The molecule has 0 aliphatic rings. The van der Waals surface area contributed by atoms with Crippen LogP contribution in [0.2, 0.25) is 0 Å². The van der Waals surface area contributed by atoms with Gasteiger partial charge in [-0.25, -0.2) is 4.57 Å². The van der Waals surface area contributed by atoms with Gasteiger partial charge in [-0.3, -0.25) is 9.32 Å². The number of aliphatic hydroxyl groups excluding tert-OH is 2. The van der Waals surface area contributed by atoms with Crippen molar-refractivity contribution in [3.05, 3.63) is 0 Å². The average molecular weight is 430 g/mol. The van der Waals surface area contributed by atoms with Crippen LogP contribution in [0.5, 0.6) is 0 Å². The van der Waals surface area contributed by atoms with Gasteiger partial charge in [-0.15, -0.1) is 0 Å². The van der Waals surface area contributed by atoms with Crippen molar-refractivity contribution < 1.29 is 43.1 Å². The summed E-state index contributed by atoms with van der Waals surface area (Å²) >= 11 is 0. The van der Waals surface area contributed by atoms with E-state index in [9.17, 15) is 9.36 Å². The topological polar surface area (TPSA) is 134 Å². The molecule has 170 valence electrons. The zero-order valence-corrected chi connectivity index (χ0v) is 18.8. The van der Waals surface area contributed by atoms with E-state index in [1.807, 2.05) is 0 Å². The fraction of sp³-hybridized carbons (Fsp3) is 0.944. The van der Waals surface area contributed by atoms with Crippen molar-refractivity contribution in [1.29, 1.82) is 0 Å². The van der Waals surface area contributed by atoms with E-state index in [4.69, 9.17) is 24.7 Å². The van der Waals surface area contributed by atoms with Crippen molar-refractivity contribution in [2.75, 3.05) is 47.5 Å². The minimum Gasteiger partial charge on any atom is -0.457 e. The van der Waals surface area contributed by atoms with E-state index < -0.39 is 33.1 Å². The van der Waals surface area contributed by atoms with Gasteiger partial charge in [-0.1, -0.05) is 45.4 Å². The molecule has 10 heteroatoms. The van der Waals surface area contributed by atoms with Gasteiger partial charge in [-0.2, -0.15) is 0 Å². The number of carbonyl (C=O) groups excluding carboxylic acids is 1. The minimum atomic E-state index is -4.62. The number of nitrogens with zero attached hydrogens (tertiary/aromatic N) is 1. The number of esters is 1. The first kappa shape index (κ1) is 29.7. The SMILES string of the molecule is CCCCCCCCCC(=O)O[C@H](CO)COP(=O)(O)O.C[N+](C)(C)CCO. The Labute approximate surface area is 169 Å². The zero-order valence-electron chi connectivity index (χ0n) is 17.9. The second-order valence-electron chi connectivity index (χ2n) is 7.69. The summed E-state index contributed by atoms with van der Waals surface area (Å²) in [4.78, 5) is 28.5. The second kappa shape index (κ2) is 17.3. The third-order valence-corrected chi connectivity index (χ3v) is 4.17. The molecule has 9 nitrogen and oxygen atoms in total. The summed E-state index contributed by atoms with van der Waals surface area (Å²) in [5.74, 6) is -0.489. The Morgan fingerprint density at radius 1 is 1.00 bits per heavy atom. The van der Waals surface area contributed by atoms with Crippen LogP contribution < -0.4 is 0 Å². The lowest BCUT2D eigenvalue weighted by atomic mass is 10.1. The van der Waals surface area contributed by atoms with E-state index in [2.05, 4.69) is 32.6 Å². The first-order chi connectivity index (χ1) is 12.9. The zero-order chi connectivity index (χ0) is 22.1. The van der Waals surface area contributed by atoms with Crippen molar-refractivity contribution in [2.45, 2.75) is 64.4 Å². The van der Waals surface area contributed by atoms with Gasteiger partial charge in [0.1, 0.15) is 12.6 Å². The molecule has 0 saturated heterocycles. The summed E-state index contributed by atoms with van der Waals surface area (Å²) < 4.78 is 20.4. The lowest BCUT2D eigenvalue weighted by Crippen LogP contribution is -2.36. The highest BCUT2D eigenvalue weighted by molar-refractivity contribution is 7.46. The molecule has 0 fully saturated rings. The average Bonchev–Trinajstić information content (AvgIpc) is 2.56. The third-order valence-electron chi connectivity index (χ3n) is 3.69. The molecular formula is C18H41NO8P+. The van der Waals surface area contributed by atoms with Gasteiger partial charge < -0.3 is 29.2 Å². The summed E-state index contributed by atoms with van der Waals surface area (Å²) in [6.45, 7) is 2.21. The van der Waals surface area contributed by atoms with Gasteiger partial charge in [0, 0.05) is 6.42 Å². The fourth-order valence-corrected chi connectivity index (χ4v) is 2.44. The van der Waals surface area contributed by atoms with Gasteiger partial charge in [0.25, 0.3) is 0 Å². The lowest BCUT2D eigenvalue weighted by molar-refractivity contribution is -0.870. The molecule has 0 saturated carbocycles. The highest BCUT2D eigenvalue weighted by Gasteiger charge is 2.20. The molecule has 0 amide bonds. The van der Waals surface area contributed by atoms with Gasteiger partial charge >= 0.3 is 13.8 Å². The number of likely N-dealkylation sites (N-methyl/N-ethyl adjacent to an activating group) is 1. The van der Waals surface area contributed by atoms with Gasteiger partial charge in [0.05, 0.1) is 41.0 Å². The Balaban J connectivity index is 0. The van der Waals surface area contributed by atoms with E-state index in [0.717, 1.165) is 30.3 Å². The van der Waals surface area contributed by atoms with Crippen molar-refractivity contribution in [2.24, 2.45) is 0 Å². The van der Waals surface area contributed by atoms with Gasteiger partial charge in [0.2, 0.25) is 0 Å². The number of hydrogen-bond donors (Lipinski definition) is 4. The molecule has 4 N–H and O–H groups in total. The fourth-order valence-electron chi connectivity index (χ4n) is 2.08. The molecule has 0 radical (unpaired) electrons. The first-order valence-electron chi connectivity index (χ1n) is 9.87. The van der Waals surface area contributed by atoms with Crippen molar-refractivity contribution in [3.8, 4) is 0 Å². The molecule has 0 aromatic rings. The molecule has 0 heterocycles. The third kappa shape index (κ3) is 25.5. The van der Waals surface area contributed by atoms with Crippen LogP contribution in [0.3, 0.4) is 0 Å². The van der Waals surface area contributed by atoms with E-state index >= 15 is 0 Å². The second-order valence-corrected chi connectivity index (χ2v) is 8.93. The summed E-state index contributed by atoms with van der Waals surface area (Å²) in [7, 11) is 1.54. The number of carbonyl (C=O) groups is 1. The van der Waals surface area contributed by atoms with Crippen LogP contribution in [0.15, 0.2) is 0 Å². The maximum Gasteiger partial charge on any atom is 0.469 e. The lowest BCUT2D eigenvalue weighted by Gasteiger charge is -2.21. The summed E-state index contributed by atoms with van der Waals surface area (Å²) in [6, 6.07) is 0. The molecule has 0 aliphatic carbocycles. The molecule has 0 aliphatic heterocycles. The standard InChI is InChI=1S/C13H27O7P.C5H14NO/c1-2-3-4-5-6-7-8-9-13(15)20-12(10-14)11-19-21(16,17)18;1-6(2,3)4-5-7/h12,14H,2-11H2,1H3,(H2,16,17,18);7H,4-5H2,1-3H3/q;+1/t12-;/m1./s1. The van der Waals surface area contributed by atoms with Crippen LogP contribution in [0.25, 0.3) is 0 Å². The number of unbranched alkanes of at least 4 members (excludes halogenated alkanes) is 6. The smallest absolute Gasteiger partial charge is 0.457 e. The normalized spacial score (nSPS) is 12.9. The summed E-state index contributed by atoms with van der Waals surface area (Å²) in [6.07, 6.45) is 6.74. The maximum absolute atomic E-state index is 11.5. The minimum absolute atomic E-state index is 0.236. The van der Waals surface area contributed by atoms with Crippen molar-refractivity contribution >= 4 is 13.8 Å². The number of hydrogen-bond acceptors (Lipinski definition) is 6. The van der Waals surface area contributed by atoms with Crippen LogP contribution in [0.4, 0.5) is 0 Å². The molecule has 0 aromatic carbocycles. The number of aliphatic hydroxyl groups is 2. The molecular weight excluding hydrogens is 389 g/mol. The Hall–Kier alpha value is -0.540. The Morgan fingerprint density at radius 2 is 1.54 bits per heavy atom.